The van der Waals surface area contributed by atoms with Crippen LogP contribution in [0.1, 0.15) is 0 Å². The summed E-state index contributed by atoms with van der Waals surface area (Å²) in [4.78, 5) is 7.28. The van der Waals surface area contributed by atoms with E-state index in [0.29, 0.717) is 5.89 Å². The molecule has 10 rings (SSSR count). The molecule has 3 heterocycles. The average molecular weight is 698 g/mol. The molecule has 0 amide bonds. The molecule has 7 aromatic carbocycles. The number of thiophene rings is 1. The maximum atomic E-state index is 6.27. The molecule has 0 spiro atoms. The number of hydrogen-bond acceptors (Lipinski definition) is 4. The summed E-state index contributed by atoms with van der Waals surface area (Å²) in [5.41, 5.74) is 8.58. The van der Waals surface area contributed by atoms with Crippen LogP contribution in [0.25, 0.3) is 73.1 Å². The number of benzene rings is 7. The SMILES string of the molecule is c1ccc(-c2cccc(N(c3ccc4c(c3)[se]c3cccc(-c5nc6ccccc6o5)c34)c3ccc4sc5ccccc5c4c3)c2)cc1. The van der Waals surface area contributed by atoms with Crippen LogP contribution in [0.5, 0.6) is 0 Å². The predicted octanol–water partition coefficient (Wildman–Crippen LogP) is 12.4. The van der Waals surface area contributed by atoms with Crippen molar-refractivity contribution < 1.29 is 4.42 Å². The Balaban J connectivity index is 1.17. The van der Waals surface area contributed by atoms with Gasteiger partial charge < -0.3 is 0 Å². The summed E-state index contributed by atoms with van der Waals surface area (Å²) >= 11 is 2.00. The van der Waals surface area contributed by atoms with Gasteiger partial charge in [0.25, 0.3) is 0 Å². The number of fused-ring (bicyclic) bond motifs is 7. The second-order valence-corrected chi connectivity index (χ2v) is 15.3. The fourth-order valence-electron chi connectivity index (χ4n) is 6.87. The van der Waals surface area contributed by atoms with Crippen LogP contribution >= 0.6 is 11.3 Å². The molecule has 5 heteroatoms. The molecular formula is C43H26N2OSSe. The molecule has 0 radical (unpaired) electrons. The molecule has 226 valence electrons. The van der Waals surface area contributed by atoms with Gasteiger partial charge in [-0.1, -0.05) is 0 Å². The number of anilines is 3. The normalized spacial score (nSPS) is 11.8. The van der Waals surface area contributed by atoms with Crippen molar-refractivity contribution in [1.29, 1.82) is 0 Å². The first-order chi connectivity index (χ1) is 23.8. The summed E-state index contributed by atoms with van der Waals surface area (Å²) in [5, 5.41) is 5.10. The van der Waals surface area contributed by atoms with E-state index in [1.807, 2.05) is 35.6 Å². The first-order valence-corrected chi connectivity index (χ1v) is 18.5. The zero-order valence-corrected chi connectivity index (χ0v) is 28.2. The van der Waals surface area contributed by atoms with Crippen LogP contribution in [0.4, 0.5) is 17.1 Å². The van der Waals surface area contributed by atoms with E-state index in [4.69, 9.17) is 9.40 Å². The monoisotopic (exact) mass is 698 g/mol. The summed E-state index contributed by atoms with van der Waals surface area (Å²) in [7, 11) is 0. The molecule has 0 atom stereocenters. The van der Waals surface area contributed by atoms with Gasteiger partial charge in [0.2, 0.25) is 0 Å². The zero-order chi connectivity index (χ0) is 31.6. The second kappa shape index (κ2) is 11.1. The number of aromatic nitrogens is 1. The Labute approximate surface area is 286 Å². The number of rotatable bonds is 5. The molecule has 0 aliphatic carbocycles. The molecular weight excluding hydrogens is 672 g/mol. The van der Waals surface area contributed by atoms with Crippen LogP contribution in [0.15, 0.2) is 162 Å². The summed E-state index contributed by atoms with van der Waals surface area (Å²) < 4.78 is 11.6. The van der Waals surface area contributed by atoms with Crippen molar-refractivity contribution in [3.63, 3.8) is 0 Å². The van der Waals surface area contributed by atoms with Crippen LogP contribution in [-0.2, 0) is 0 Å². The molecule has 0 saturated carbocycles. The average Bonchev–Trinajstić information content (AvgIpc) is 3.85. The van der Waals surface area contributed by atoms with Crippen molar-refractivity contribution in [2.24, 2.45) is 0 Å². The molecule has 0 saturated heterocycles. The van der Waals surface area contributed by atoms with Gasteiger partial charge in [-0.15, -0.1) is 0 Å². The van der Waals surface area contributed by atoms with E-state index in [2.05, 4.69) is 138 Å². The Morgan fingerprint density at radius 1 is 0.521 bits per heavy atom. The van der Waals surface area contributed by atoms with E-state index in [-0.39, 0.29) is 14.5 Å². The van der Waals surface area contributed by atoms with Crippen molar-refractivity contribution in [1.82, 2.24) is 4.98 Å². The predicted molar refractivity (Wildman–Crippen MR) is 204 cm³/mol. The molecule has 48 heavy (non-hydrogen) atoms. The van der Waals surface area contributed by atoms with Gasteiger partial charge in [0.05, 0.1) is 0 Å². The molecule has 0 bridgehead atoms. The Morgan fingerprint density at radius 3 is 2.21 bits per heavy atom. The van der Waals surface area contributed by atoms with E-state index in [1.54, 1.807) is 0 Å². The van der Waals surface area contributed by atoms with Crippen LogP contribution in [0.3, 0.4) is 0 Å². The third kappa shape index (κ3) is 4.51. The van der Waals surface area contributed by atoms with Gasteiger partial charge in [0.1, 0.15) is 0 Å². The topological polar surface area (TPSA) is 29.3 Å². The van der Waals surface area contributed by atoms with Crippen molar-refractivity contribution in [3.8, 4) is 22.6 Å². The minimum atomic E-state index is 0.147. The van der Waals surface area contributed by atoms with Crippen LogP contribution in [-0.4, -0.2) is 19.5 Å². The van der Waals surface area contributed by atoms with E-state index >= 15 is 0 Å². The Kier molecular flexibility index (Phi) is 6.38. The molecule has 3 aromatic heterocycles. The van der Waals surface area contributed by atoms with Crippen molar-refractivity contribution in [3.05, 3.63) is 158 Å². The molecule has 0 aliphatic heterocycles. The van der Waals surface area contributed by atoms with Crippen LogP contribution in [0.2, 0.25) is 0 Å². The van der Waals surface area contributed by atoms with Gasteiger partial charge in [0.15, 0.2) is 0 Å². The Morgan fingerprint density at radius 2 is 1.27 bits per heavy atom. The Hall–Kier alpha value is -5.45. The zero-order valence-electron chi connectivity index (χ0n) is 25.6. The van der Waals surface area contributed by atoms with Crippen molar-refractivity contribution in [2.75, 3.05) is 4.90 Å². The molecule has 3 nitrogen and oxygen atoms in total. The maximum absolute atomic E-state index is 6.27. The first kappa shape index (κ1) is 27.6. The van der Waals surface area contributed by atoms with Crippen molar-refractivity contribution >= 4 is 93.5 Å². The second-order valence-electron chi connectivity index (χ2n) is 12.0. The fourth-order valence-corrected chi connectivity index (χ4v) is 10.4. The third-order valence-corrected chi connectivity index (χ3v) is 12.6. The van der Waals surface area contributed by atoms with Crippen molar-refractivity contribution in [2.45, 2.75) is 0 Å². The number of para-hydroxylation sites is 2. The minimum absolute atomic E-state index is 0.147. The standard InChI is InChI=1S/C43H26N2OSSe/c1-2-10-27(11-3-1)28-12-8-13-29(24-28)45(30-21-23-39-35(25-30)32-14-4-7-18-38(32)47-39)31-20-22-33-41(26-31)48-40-19-9-15-34(42(33)40)43-44-36-16-5-6-17-37(36)46-43/h1-26H. The van der Waals surface area contributed by atoms with E-state index < -0.39 is 0 Å². The van der Waals surface area contributed by atoms with Gasteiger partial charge in [-0.25, -0.2) is 0 Å². The number of hydrogen-bond donors (Lipinski definition) is 0. The van der Waals surface area contributed by atoms with Gasteiger partial charge in [-0.3, -0.25) is 0 Å². The molecule has 0 N–H and O–H groups in total. The first-order valence-electron chi connectivity index (χ1n) is 15.9. The van der Waals surface area contributed by atoms with Gasteiger partial charge >= 0.3 is 288 Å². The molecule has 0 fully saturated rings. The summed E-state index contributed by atoms with van der Waals surface area (Å²) in [6, 6.07) is 56.7. The molecule has 10 aromatic rings. The van der Waals surface area contributed by atoms with E-state index in [9.17, 15) is 0 Å². The summed E-state index contributed by atoms with van der Waals surface area (Å²) in [6.07, 6.45) is 0. The number of oxazole rings is 1. The van der Waals surface area contributed by atoms with E-state index in [1.165, 1.54) is 50.6 Å². The fraction of sp³-hybridized carbons (Fsp3) is 0. The molecule has 0 unspecified atom stereocenters. The third-order valence-electron chi connectivity index (χ3n) is 9.09. The van der Waals surface area contributed by atoms with Gasteiger partial charge in [0, 0.05) is 0 Å². The summed E-state index contributed by atoms with van der Waals surface area (Å²) in [5.74, 6) is 0.677. The molecule has 0 aliphatic rings. The summed E-state index contributed by atoms with van der Waals surface area (Å²) in [6.45, 7) is 0. The van der Waals surface area contributed by atoms with Crippen LogP contribution < -0.4 is 4.90 Å². The van der Waals surface area contributed by atoms with Gasteiger partial charge in [-0.2, -0.15) is 0 Å². The van der Waals surface area contributed by atoms with Crippen LogP contribution in [0, 0.1) is 0 Å². The number of nitrogens with zero attached hydrogens (tertiary/aromatic N) is 2. The van der Waals surface area contributed by atoms with Gasteiger partial charge in [-0.05, 0) is 0 Å². The quantitative estimate of drug-likeness (QED) is 0.168. The van der Waals surface area contributed by atoms with E-state index in [0.717, 1.165) is 33.7 Å². The Bertz CT molecular complexity index is 2780.